The van der Waals surface area contributed by atoms with Crippen LogP contribution in [0.3, 0.4) is 0 Å². The van der Waals surface area contributed by atoms with Crippen molar-refractivity contribution in [1.29, 1.82) is 0 Å². The molecule has 0 radical (unpaired) electrons. The van der Waals surface area contributed by atoms with Crippen LogP contribution in [0.2, 0.25) is 0 Å². The first-order valence-electron chi connectivity index (χ1n) is 11.5. The highest BCUT2D eigenvalue weighted by Crippen LogP contribution is 2.38. The maximum absolute atomic E-state index is 13.6. The fourth-order valence-electron chi connectivity index (χ4n) is 4.25. The Morgan fingerprint density at radius 3 is 2.62 bits per heavy atom. The van der Waals surface area contributed by atoms with E-state index in [4.69, 9.17) is 4.74 Å². The fraction of sp³-hybridized carbons (Fsp3) is 0.286. The fourth-order valence-corrected chi connectivity index (χ4v) is 5.16. The quantitative estimate of drug-likeness (QED) is 0.444. The Hall–Kier alpha value is -3.22. The van der Waals surface area contributed by atoms with Crippen molar-refractivity contribution in [2.75, 3.05) is 33.4 Å². The van der Waals surface area contributed by atoms with E-state index < -0.39 is 0 Å². The molecule has 1 atom stereocenters. The van der Waals surface area contributed by atoms with E-state index in [9.17, 15) is 9.59 Å². The molecule has 1 unspecified atom stereocenters. The summed E-state index contributed by atoms with van der Waals surface area (Å²) in [7, 11) is 1.60. The first-order valence-corrected chi connectivity index (χ1v) is 12.4. The van der Waals surface area contributed by atoms with Gasteiger partial charge in [-0.1, -0.05) is 60.2 Å². The molecule has 0 aliphatic carbocycles. The van der Waals surface area contributed by atoms with Crippen LogP contribution in [0.5, 0.6) is 0 Å². The lowest BCUT2D eigenvalue weighted by atomic mass is 9.92. The number of rotatable bonds is 8. The summed E-state index contributed by atoms with van der Waals surface area (Å²) in [5, 5.41) is 2.10. The van der Waals surface area contributed by atoms with Gasteiger partial charge in [0.05, 0.1) is 12.6 Å². The minimum Gasteiger partial charge on any atom is -0.383 e. The number of amides is 2. The monoisotopic (exact) mass is 474 g/mol. The first-order chi connectivity index (χ1) is 16.6. The van der Waals surface area contributed by atoms with Crippen LogP contribution in [0, 0.1) is 6.92 Å². The van der Waals surface area contributed by atoms with Gasteiger partial charge in [-0.15, -0.1) is 11.3 Å². The molecule has 2 amide bonds. The summed E-state index contributed by atoms with van der Waals surface area (Å²) in [4.78, 5) is 31.4. The van der Waals surface area contributed by atoms with Gasteiger partial charge >= 0.3 is 0 Å². The average molecular weight is 475 g/mol. The molecule has 0 N–H and O–H groups in total. The van der Waals surface area contributed by atoms with E-state index in [1.165, 1.54) is 22.1 Å². The molecule has 2 heterocycles. The molecular weight excluding hydrogens is 444 g/mol. The molecule has 176 valence electrons. The van der Waals surface area contributed by atoms with Crippen LogP contribution >= 0.6 is 11.3 Å². The van der Waals surface area contributed by atoms with Gasteiger partial charge < -0.3 is 14.5 Å². The summed E-state index contributed by atoms with van der Waals surface area (Å²) in [6, 6.07) is 20.0. The average Bonchev–Trinajstić information content (AvgIpc) is 3.34. The van der Waals surface area contributed by atoms with Gasteiger partial charge in [0.1, 0.15) is 6.54 Å². The smallest absolute Gasteiger partial charge is 0.247 e. The molecular formula is C28H30N2O3S. The van der Waals surface area contributed by atoms with Crippen LogP contribution in [0.4, 0.5) is 0 Å². The molecule has 2 aromatic carbocycles. The Labute approximate surface area is 205 Å². The second-order valence-corrected chi connectivity index (χ2v) is 9.45. The van der Waals surface area contributed by atoms with Crippen molar-refractivity contribution in [3.63, 3.8) is 0 Å². The van der Waals surface area contributed by atoms with Crippen LogP contribution < -0.4 is 0 Å². The van der Waals surface area contributed by atoms with Gasteiger partial charge in [0.25, 0.3) is 0 Å². The SMILES string of the molecule is COCCN(CC(=O)N1CCc2sccc2C1c1ccc(C)cc1)C(=O)C=Cc1ccccc1. The zero-order chi connectivity index (χ0) is 23.9. The molecule has 1 aliphatic heterocycles. The number of aryl methyl sites for hydroxylation is 1. The van der Waals surface area contributed by atoms with Gasteiger partial charge in [-0.3, -0.25) is 9.59 Å². The summed E-state index contributed by atoms with van der Waals surface area (Å²) < 4.78 is 5.21. The van der Waals surface area contributed by atoms with Crippen molar-refractivity contribution in [3.8, 4) is 0 Å². The minimum absolute atomic E-state index is 0.0170. The summed E-state index contributed by atoms with van der Waals surface area (Å²) in [6.07, 6.45) is 4.14. The third-order valence-electron chi connectivity index (χ3n) is 6.10. The molecule has 4 rings (SSSR count). The van der Waals surface area contributed by atoms with Crippen molar-refractivity contribution in [2.45, 2.75) is 19.4 Å². The van der Waals surface area contributed by atoms with E-state index in [0.717, 1.165) is 17.5 Å². The Bertz CT molecular complexity index is 1140. The second-order valence-electron chi connectivity index (χ2n) is 8.45. The van der Waals surface area contributed by atoms with Crippen molar-refractivity contribution in [2.24, 2.45) is 0 Å². The van der Waals surface area contributed by atoms with E-state index in [0.29, 0.717) is 19.7 Å². The highest BCUT2D eigenvalue weighted by atomic mass is 32.1. The van der Waals surface area contributed by atoms with Crippen molar-refractivity contribution >= 4 is 29.2 Å². The number of hydrogen-bond acceptors (Lipinski definition) is 4. The number of carbonyl (C=O) groups is 2. The van der Waals surface area contributed by atoms with Crippen molar-refractivity contribution in [3.05, 3.63) is 99.3 Å². The third-order valence-corrected chi connectivity index (χ3v) is 7.10. The Morgan fingerprint density at radius 1 is 1.12 bits per heavy atom. The van der Waals surface area contributed by atoms with E-state index >= 15 is 0 Å². The lowest BCUT2D eigenvalue weighted by molar-refractivity contribution is -0.140. The highest BCUT2D eigenvalue weighted by molar-refractivity contribution is 7.10. The number of benzene rings is 2. The van der Waals surface area contributed by atoms with Gasteiger partial charge in [0.2, 0.25) is 11.8 Å². The van der Waals surface area contributed by atoms with Crippen LogP contribution in [0.25, 0.3) is 6.08 Å². The molecule has 0 spiro atoms. The number of hydrogen-bond donors (Lipinski definition) is 0. The number of fused-ring (bicyclic) bond motifs is 1. The normalized spacial score (nSPS) is 15.4. The molecule has 0 fully saturated rings. The number of carbonyl (C=O) groups excluding carboxylic acids is 2. The van der Waals surface area contributed by atoms with E-state index in [2.05, 4.69) is 42.6 Å². The van der Waals surface area contributed by atoms with Gasteiger partial charge in [0.15, 0.2) is 0 Å². The molecule has 0 saturated heterocycles. The Morgan fingerprint density at radius 2 is 1.88 bits per heavy atom. The Kier molecular flexibility index (Phi) is 7.93. The highest BCUT2D eigenvalue weighted by Gasteiger charge is 2.33. The van der Waals surface area contributed by atoms with Crippen molar-refractivity contribution < 1.29 is 14.3 Å². The summed E-state index contributed by atoms with van der Waals surface area (Å²) in [5.41, 5.74) is 4.41. The molecule has 6 heteroatoms. The van der Waals surface area contributed by atoms with Crippen LogP contribution in [-0.2, 0) is 20.7 Å². The zero-order valence-electron chi connectivity index (χ0n) is 19.6. The molecule has 1 aromatic heterocycles. The van der Waals surface area contributed by atoms with Gasteiger partial charge in [-0.2, -0.15) is 0 Å². The number of ether oxygens (including phenoxy) is 1. The van der Waals surface area contributed by atoms with Crippen molar-refractivity contribution in [1.82, 2.24) is 9.80 Å². The first kappa shape index (κ1) is 23.9. The van der Waals surface area contributed by atoms with Crippen LogP contribution in [-0.4, -0.2) is 55.0 Å². The predicted octanol–water partition coefficient (Wildman–Crippen LogP) is 4.72. The molecule has 1 aliphatic rings. The molecule has 3 aromatic rings. The molecule has 5 nitrogen and oxygen atoms in total. The van der Waals surface area contributed by atoms with E-state index in [-0.39, 0.29) is 24.4 Å². The van der Waals surface area contributed by atoms with Gasteiger partial charge in [0, 0.05) is 31.2 Å². The molecule has 0 bridgehead atoms. The maximum Gasteiger partial charge on any atom is 0.247 e. The predicted molar refractivity (Wildman–Crippen MR) is 137 cm³/mol. The zero-order valence-corrected chi connectivity index (χ0v) is 20.5. The largest absolute Gasteiger partial charge is 0.383 e. The third kappa shape index (κ3) is 5.64. The second kappa shape index (κ2) is 11.3. The summed E-state index contributed by atoms with van der Waals surface area (Å²) in [5.74, 6) is -0.255. The topological polar surface area (TPSA) is 49.9 Å². The van der Waals surface area contributed by atoms with Crippen LogP contribution in [0.1, 0.15) is 33.2 Å². The number of methoxy groups -OCH3 is 1. The molecule has 34 heavy (non-hydrogen) atoms. The molecule has 0 saturated carbocycles. The summed E-state index contributed by atoms with van der Waals surface area (Å²) in [6.45, 7) is 3.44. The minimum atomic E-state index is -0.200. The van der Waals surface area contributed by atoms with Gasteiger partial charge in [-0.25, -0.2) is 0 Å². The number of nitrogens with zero attached hydrogens (tertiary/aromatic N) is 2. The lowest BCUT2D eigenvalue weighted by Gasteiger charge is -2.37. The Balaban J connectivity index is 1.55. The lowest BCUT2D eigenvalue weighted by Crippen LogP contribution is -2.47. The van der Waals surface area contributed by atoms with E-state index in [1.807, 2.05) is 35.2 Å². The van der Waals surface area contributed by atoms with Gasteiger partial charge in [-0.05, 0) is 47.6 Å². The van der Waals surface area contributed by atoms with E-state index in [1.54, 1.807) is 29.4 Å². The maximum atomic E-state index is 13.6. The summed E-state index contributed by atoms with van der Waals surface area (Å²) >= 11 is 1.75. The standard InChI is InChI=1S/C28H30N2O3S/c1-21-8-11-23(12-9-21)28-24-15-19-34-25(24)14-16-30(28)27(32)20-29(17-18-33-2)26(31)13-10-22-6-4-3-5-7-22/h3-13,15,19,28H,14,16-18,20H2,1-2H3. The van der Waals surface area contributed by atoms with Crippen LogP contribution in [0.15, 0.2) is 72.1 Å². The number of thiophene rings is 1.